The van der Waals surface area contributed by atoms with E-state index >= 15 is 0 Å². The van der Waals surface area contributed by atoms with Crippen LogP contribution in [0.15, 0.2) is 18.2 Å². The molecule has 3 N–H and O–H groups in total. The van der Waals surface area contributed by atoms with Crippen molar-refractivity contribution in [3.8, 4) is 0 Å². The van der Waals surface area contributed by atoms with E-state index in [0.29, 0.717) is 37.9 Å². The number of hydrogen-bond acceptors (Lipinski definition) is 5. The van der Waals surface area contributed by atoms with Crippen LogP contribution < -0.4 is 10.6 Å². The van der Waals surface area contributed by atoms with E-state index < -0.39 is 12.0 Å². The molecular formula is C23H29N5O4. The molecular weight excluding hydrogens is 410 g/mol. The van der Waals surface area contributed by atoms with Gasteiger partial charge in [-0.3, -0.25) is 19.6 Å². The number of imide groups is 1. The minimum atomic E-state index is -0.821. The highest BCUT2D eigenvalue weighted by Gasteiger charge is 2.49. The lowest BCUT2D eigenvalue weighted by Crippen LogP contribution is -2.61. The zero-order valence-electron chi connectivity index (χ0n) is 18.4. The summed E-state index contributed by atoms with van der Waals surface area (Å²) in [5, 5.41) is 20.9. The summed E-state index contributed by atoms with van der Waals surface area (Å²) >= 11 is 0. The van der Waals surface area contributed by atoms with Crippen molar-refractivity contribution in [1.82, 2.24) is 20.0 Å². The Morgan fingerprint density at radius 2 is 2.06 bits per heavy atom. The number of nitrogens with one attached hydrogen (secondary N) is 2. The van der Waals surface area contributed by atoms with Crippen LogP contribution in [0.1, 0.15) is 50.6 Å². The Hall–Kier alpha value is -3.10. The van der Waals surface area contributed by atoms with Crippen LogP contribution in [0.2, 0.25) is 0 Å². The molecule has 1 aliphatic carbocycles. The highest BCUT2D eigenvalue weighted by atomic mass is 16.4. The highest BCUT2D eigenvalue weighted by Crippen LogP contribution is 2.47. The monoisotopic (exact) mass is 439 g/mol. The maximum atomic E-state index is 12.4. The van der Waals surface area contributed by atoms with Crippen LogP contribution in [-0.4, -0.2) is 56.8 Å². The molecule has 3 aliphatic rings. The van der Waals surface area contributed by atoms with Gasteiger partial charge < -0.3 is 15.3 Å². The Morgan fingerprint density at radius 3 is 2.75 bits per heavy atom. The van der Waals surface area contributed by atoms with Crippen molar-refractivity contribution < 1.29 is 19.5 Å². The van der Waals surface area contributed by atoms with E-state index in [0.717, 1.165) is 41.5 Å². The zero-order chi connectivity index (χ0) is 22.6. The number of para-hydroxylation sites is 1. The van der Waals surface area contributed by atoms with Gasteiger partial charge in [0, 0.05) is 43.4 Å². The third kappa shape index (κ3) is 3.40. The number of aryl methyl sites for hydroxylation is 1. The van der Waals surface area contributed by atoms with Gasteiger partial charge in [0.15, 0.2) is 0 Å². The van der Waals surface area contributed by atoms with Crippen molar-refractivity contribution in [2.75, 3.05) is 18.4 Å². The second-order valence-electron chi connectivity index (χ2n) is 9.82. The maximum absolute atomic E-state index is 12.4. The molecule has 9 nitrogen and oxygen atoms in total. The van der Waals surface area contributed by atoms with Crippen LogP contribution in [0.25, 0.3) is 10.9 Å². The van der Waals surface area contributed by atoms with Crippen molar-refractivity contribution in [2.45, 2.75) is 51.0 Å². The van der Waals surface area contributed by atoms with Crippen molar-refractivity contribution in [1.29, 1.82) is 0 Å². The molecule has 1 saturated carbocycles. The normalized spacial score (nSPS) is 27.3. The molecule has 3 heterocycles. The fourth-order valence-electron chi connectivity index (χ4n) is 5.97. The number of amides is 3. The summed E-state index contributed by atoms with van der Waals surface area (Å²) in [4.78, 5) is 36.6. The van der Waals surface area contributed by atoms with Gasteiger partial charge >= 0.3 is 6.09 Å². The Bertz CT molecular complexity index is 1100. The average Bonchev–Trinajstić information content (AvgIpc) is 3.05. The molecule has 2 saturated heterocycles. The quantitative estimate of drug-likeness (QED) is 0.633. The number of carbonyl (C=O) groups excluding carboxylic acids is 2. The zero-order valence-corrected chi connectivity index (χ0v) is 18.4. The van der Waals surface area contributed by atoms with Crippen molar-refractivity contribution in [2.24, 2.45) is 18.4 Å². The molecule has 170 valence electrons. The topological polar surface area (TPSA) is 117 Å². The molecule has 5 rings (SSSR count). The number of benzene rings is 1. The van der Waals surface area contributed by atoms with Gasteiger partial charge in [-0.25, -0.2) is 4.79 Å². The summed E-state index contributed by atoms with van der Waals surface area (Å²) in [6.07, 6.45) is 3.00. The van der Waals surface area contributed by atoms with Crippen molar-refractivity contribution in [3.05, 3.63) is 23.9 Å². The Balaban J connectivity index is 1.36. The maximum Gasteiger partial charge on any atom is 0.407 e. The van der Waals surface area contributed by atoms with E-state index in [9.17, 15) is 19.5 Å². The smallest absolute Gasteiger partial charge is 0.407 e. The number of likely N-dealkylation sites (tertiary alicyclic amines) is 1. The van der Waals surface area contributed by atoms with Gasteiger partial charge in [0.2, 0.25) is 11.8 Å². The molecule has 2 aromatic rings. The lowest BCUT2D eigenvalue weighted by Gasteiger charge is -2.54. The second-order valence-corrected chi connectivity index (χ2v) is 9.82. The van der Waals surface area contributed by atoms with E-state index in [1.807, 2.05) is 29.9 Å². The number of nitrogens with zero attached hydrogens (tertiary/aromatic N) is 3. The van der Waals surface area contributed by atoms with Crippen LogP contribution in [0, 0.1) is 11.3 Å². The van der Waals surface area contributed by atoms with Gasteiger partial charge in [-0.2, -0.15) is 5.10 Å². The highest BCUT2D eigenvalue weighted by molar-refractivity contribution is 6.03. The summed E-state index contributed by atoms with van der Waals surface area (Å²) in [5.74, 6) is -0.508. The predicted molar refractivity (Wildman–Crippen MR) is 118 cm³/mol. The molecule has 32 heavy (non-hydrogen) atoms. The first kappa shape index (κ1) is 20.8. The lowest BCUT2D eigenvalue weighted by atomic mass is 9.64. The number of hydrogen-bond donors (Lipinski definition) is 3. The van der Waals surface area contributed by atoms with E-state index in [1.54, 1.807) is 0 Å². The molecule has 1 aromatic carbocycles. The van der Waals surface area contributed by atoms with Gasteiger partial charge in [-0.05, 0) is 37.7 Å². The van der Waals surface area contributed by atoms with E-state index in [2.05, 4.69) is 22.7 Å². The molecule has 2 aliphatic heterocycles. The SMILES string of the molecule is C[C@@H]1CC2(CC[C@H]1Nc1cccc3c(C4CCC(=O)NC4=O)nn(C)c13)CN(C(=O)O)C2. The summed E-state index contributed by atoms with van der Waals surface area (Å²) < 4.78 is 1.82. The third-order valence-corrected chi connectivity index (χ3v) is 7.55. The first-order valence-electron chi connectivity index (χ1n) is 11.3. The fourth-order valence-corrected chi connectivity index (χ4v) is 5.97. The van der Waals surface area contributed by atoms with Crippen LogP contribution in [0.3, 0.4) is 0 Å². The average molecular weight is 440 g/mol. The Morgan fingerprint density at radius 1 is 1.28 bits per heavy atom. The molecule has 9 heteroatoms. The molecule has 1 spiro atoms. The van der Waals surface area contributed by atoms with E-state index in [1.165, 1.54) is 4.90 Å². The molecule has 1 aromatic heterocycles. The minimum Gasteiger partial charge on any atom is -0.465 e. The first-order valence-corrected chi connectivity index (χ1v) is 11.3. The third-order valence-electron chi connectivity index (χ3n) is 7.55. The van der Waals surface area contributed by atoms with Crippen LogP contribution in [-0.2, 0) is 16.6 Å². The molecule has 0 radical (unpaired) electrons. The second kappa shape index (κ2) is 7.50. The van der Waals surface area contributed by atoms with Gasteiger partial charge in [0.25, 0.3) is 0 Å². The molecule has 3 atom stereocenters. The summed E-state index contributed by atoms with van der Waals surface area (Å²) in [5.41, 5.74) is 2.80. The molecule has 0 bridgehead atoms. The number of rotatable bonds is 3. The summed E-state index contributed by atoms with van der Waals surface area (Å²) in [6, 6.07) is 6.30. The first-order chi connectivity index (χ1) is 15.3. The molecule has 1 unspecified atom stereocenters. The van der Waals surface area contributed by atoms with E-state index in [-0.39, 0.29) is 17.2 Å². The fraction of sp³-hybridized carbons (Fsp3) is 0.565. The van der Waals surface area contributed by atoms with Gasteiger partial charge in [-0.1, -0.05) is 19.1 Å². The van der Waals surface area contributed by atoms with Gasteiger partial charge in [0.05, 0.1) is 22.8 Å². The summed E-state index contributed by atoms with van der Waals surface area (Å²) in [7, 11) is 1.89. The number of anilines is 1. The number of piperidine rings is 1. The minimum absolute atomic E-state index is 0.132. The van der Waals surface area contributed by atoms with Gasteiger partial charge in [-0.15, -0.1) is 0 Å². The van der Waals surface area contributed by atoms with Crippen LogP contribution in [0.5, 0.6) is 0 Å². The van der Waals surface area contributed by atoms with Crippen LogP contribution in [0.4, 0.5) is 10.5 Å². The van der Waals surface area contributed by atoms with E-state index in [4.69, 9.17) is 0 Å². The lowest BCUT2D eigenvalue weighted by molar-refractivity contribution is -0.134. The summed E-state index contributed by atoms with van der Waals surface area (Å²) in [6.45, 7) is 3.53. The number of carbonyl (C=O) groups is 3. The predicted octanol–water partition coefficient (Wildman–Crippen LogP) is 2.67. The molecule has 3 fully saturated rings. The largest absolute Gasteiger partial charge is 0.465 e. The van der Waals surface area contributed by atoms with Crippen molar-refractivity contribution in [3.63, 3.8) is 0 Å². The standard InChI is InChI=1S/C23H29N5O4/c1-13-10-23(11-28(12-23)22(31)32)9-8-16(13)24-17-5-3-4-14-19(26-27(2)20(14)17)15-6-7-18(29)25-21(15)30/h3-5,13,15-16,24H,6-12H2,1-2H3,(H,31,32)(H,25,29,30)/t13-,15?,16-/m1/s1. The molecule has 3 amide bonds. The number of fused-ring (bicyclic) bond motifs is 1. The number of carboxylic acid groups (broad SMARTS) is 1. The van der Waals surface area contributed by atoms with Gasteiger partial charge in [0.1, 0.15) is 0 Å². The Labute approximate surface area is 186 Å². The van der Waals surface area contributed by atoms with Crippen LogP contribution >= 0.6 is 0 Å². The Kier molecular flexibility index (Phi) is 4.87. The number of aromatic nitrogens is 2. The van der Waals surface area contributed by atoms with Crippen molar-refractivity contribution >= 4 is 34.5 Å².